The maximum atomic E-state index is 12.9. The molecule has 0 saturated carbocycles. The molecule has 0 saturated heterocycles. The van der Waals surface area contributed by atoms with Gasteiger partial charge in [0.25, 0.3) is 10.1 Å². The number of amides is 1. The van der Waals surface area contributed by atoms with Gasteiger partial charge in [0.2, 0.25) is 11.8 Å². The SMILES string of the molecule is CCc1ccc(OCCCOS(=O)(=O)c2ccc(C)cc2)c(CN(C(C)=O)c2cccnc2Oc2ccc(OC)cc2)c1. The Hall–Kier alpha value is -4.41. The molecule has 4 rings (SSSR count). The first-order valence-corrected chi connectivity index (χ1v) is 15.4. The van der Waals surface area contributed by atoms with E-state index in [1.807, 2.05) is 25.1 Å². The Morgan fingerprint density at radius 1 is 0.930 bits per heavy atom. The zero-order valence-electron chi connectivity index (χ0n) is 24.8. The lowest BCUT2D eigenvalue weighted by Crippen LogP contribution is -2.28. The third-order valence-corrected chi connectivity index (χ3v) is 7.98. The maximum absolute atomic E-state index is 12.9. The van der Waals surface area contributed by atoms with Gasteiger partial charge in [0.05, 0.1) is 31.8 Å². The van der Waals surface area contributed by atoms with E-state index in [2.05, 4.69) is 11.9 Å². The number of rotatable bonds is 14. The Bertz CT molecular complexity index is 1620. The number of ether oxygens (including phenoxy) is 3. The van der Waals surface area contributed by atoms with Crippen LogP contribution < -0.4 is 19.1 Å². The van der Waals surface area contributed by atoms with Crippen molar-refractivity contribution in [2.45, 2.75) is 45.1 Å². The fraction of sp³-hybridized carbons (Fsp3) is 0.273. The summed E-state index contributed by atoms with van der Waals surface area (Å²) in [4.78, 5) is 19.0. The highest BCUT2D eigenvalue weighted by Crippen LogP contribution is 2.33. The van der Waals surface area contributed by atoms with Gasteiger partial charge in [-0.2, -0.15) is 8.42 Å². The second-order valence-electron chi connectivity index (χ2n) is 9.80. The van der Waals surface area contributed by atoms with Gasteiger partial charge < -0.3 is 19.1 Å². The molecule has 10 heteroatoms. The molecule has 0 unspecified atom stereocenters. The fourth-order valence-corrected chi connectivity index (χ4v) is 5.20. The van der Waals surface area contributed by atoms with Crippen LogP contribution in [-0.2, 0) is 32.1 Å². The molecule has 43 heavy (non-hydrogen) atoms. The molecule has 4 aromatic rings. The summed E-state index contributed by atoms with van der Waals surface area (Å²) in [5.41, 5.74) is 3.35. The zero-order chi connectivity index (χ0) is 30.8. The van der Waals surface area contributed by atoms with Gasteiger partial charge in [0.1, 0.15) is 22.9 Å². The quantitative estimate of drug-likeness (QED) is 0.119. The van der Waals surface area contributed by atoms with Crippen LogP contribution in [0.25, 0.3) is 0 Å². The first kappa shape index (κ1) is 31.5. The van der Waals surface area contributed by atoms with Crippen LogP contribution in [0.15, 0.2) is 90.0 Å². The molecular formula is C33H36N2O7S. The number of pyridine rings is 1. The summed E-state index contributed by atoms with van der Waals surface area (Å²) in [6.07, 6.45) is 2.75. The number of aromatic nitrogens is 1. The van der Waals surface area contributed by atoms with E-state index in [-0.39, 0.29) is 36.4 Å². The molecule has 1 aromatic heterocycles. The van der Waals surface area contributed by atoms with E-state index in [4.69, 9.17) is 18.4 Å². The van der Waals surface area contributed by atoms with Gasteiger partial charge in [-0.3, -0.25) is 8.98 Å². The highest BCUT2D eigenvalue weighted by Gasteiger charge is 2.21. The van der Waals surface area contributed by atoms with E-state index in [1.54, 1.807) is 66.7 Å². The van der Waals surface area contributed by atoms with Crippen molar-refractivity contribution in [2.24, 2.45) is 0 Å². The van der Waals surface area contributed by atoms with E-state index >= 15 is 0 Å². The second kappa shape index (κ2) is 14.7. The summed E-state index contributed by atoms with van der Waals surface area (Å²) in [5, 5.41) is 0. The van der Waals surface area contributed by atoms with Crippen LogP contribution in [0, 0.1) is 6.92 Å². The Kier molecular flexibility index (Phi) is 10.7. The predicted octanol–water partition coefficient (Wildman–Crippen LogP) is 6.48. The van der Waals surface area contributed by atoms with Gasteiger partial charge >= 0.3 is 0 Å². The molecule has 226 valence electrons. The number of carbonyl (C=O) groups is 1. The standard InChI is InChI=1S/C33H36N2O7S/c1-5-26-11-18-32(40-20-7-21-41-43(37,38)30-16-9-24(2)10-17-30)27(22-26)23-35(25(3)36)31-8-6-19-34-33(31)42-29-14-12-28(39-4)13-15-29/h6,8-19,22H,5,7,20-21,23H2,1-4H3. The number of hydrogen-bond donors (Lipinski definition) is 0. The van der Waals surface area contributed by atoms with Gasteiger partial charge in [-0.1, -0.05) is 36.8 Å². The number of nitrogens with zero attached hydrogens (tertiary/aromatic N) is 2. The largest absolute Gasteiger partial charge is 0.497 e. The number of methoxy groups -OCH3 is 1. The summed E-state index contributed by atoms with van der Waals surface area (Å²) in [5.74, 6) is 1.92. The van der Waals surface area contributed by atoms with Crippen molar-refractivity contribution in [3.05, 3.63) is 102 Å². The summed E-state index contributed by atoms with van der Waals surface area (Å²) in [7, 11) is -2.26. The molecular weight excluding hydrogens is 568 g/mol. The Labute approximate surface area is 253 Å². The van der Waals surface area contributed by atoms with E-state index in [0.717, 1.165) is 23.1 Å². The summed E-state index contributed by atoms with van der Waals surface area (Å²) >= 11 is 0. The number of benzene rings is 3. The Morgan fingerprint density at radius 3 is 2.33 bits per heavy atom. The molecule has 0 spiro atoms. The third kappa shape index (κ3) is 8.56. The monoisotopic (exact) mass is 604 g/mol. The molecule has 0 aliphatic carbocycles. The number of hydrogen-bond acceptors (Lipinski definition) is 8. The summed E-state index contributed by atoms with van der Waals surface area (Å²) in [6, 6.07) is 23.0. The summed E-state index contributed by atoms with van der Waals surface area (Å²) < 4.78 is 47.5. The predicted molar refractivity (Wildman–Crippen MR) is 164 cm³/mol. The van der Waals surface area contributed by atoms with E-state index in [9.17, 15) is 13.2 Å². The molecule has 9 nitrogen and oxygen atoms in total. The second-order valence-corrected chi connectivity index (χ2v) is 11.4. The minimum atomic E-state index is -3.85. The molecule has 0 aliphatic heterocycles. The zero-order valence-corrected chi connectivity index (χ0v) is 25.6. The van der Waals surface area contributed by atoms with Crippen molar-refractivity contribution in [3.8, 4) is 23.1 Å². The normalized spacial score (nSPS) is 11.2. The smallest absolute Gasteiger partial charge is 0.296 e. The molecule has 0 N–H and O–H groups in total. The molecule has 0 atom stereocenters. The lowest BCUT2D eigenvalue weighted by molar-refractivity contribution is -0.116. The van der Waals surface area contributed by atoms with Crippen LogP contribution in [0.5, 0.6) is 23.1 Å². The van der Waals surface area contributed by atoms with Gasteiger partial charge in [0.15, 0.2) is 0 Å². The third-order valence-electron chi connectivity index (χ3n) is 6.65. The lowest BCUT2D eigenvalue weighted by Gasteiger charge is -2.24. The first-order valence-electron chi connectivity index (χ1n) is 14.0. The van der Waals surface area contributed by atoms with E-state index in [1.165, 1.54) is 19.1 Å². The summed E-state index contributed by atoms with van der Waals surface area (Å²) in [6.45, 7) is 5.83. The average Bonchev–Trinajstić information content (AvgIpc) is 3.01. The molecule has 1 heterocycles. The Morgan fingerprint density at radius 2 is 1.65 bits per heavy atom. The molecule has 3 aromatic carbocycles. The maximum Gasteiger partial charge on any atom is 0.296 e. The van der Waals surface area contributed by atoms with Crippen LogP contribution in [-0.4, -0.2) is 39.6 Å². The van der Waals surface area contributed by atoms with Gasteiger partial charge in [-0.05, 0) is 73.5 Å². The van der Waals surface area contributed by atoms with Crippen LogP contribution in [0.1, 0.15) is 37.0 Å². The van der Waals surface area contributed by atoms with E-state index < -0.39 is 10.1 Å². The minimum Gasteiger partial charge on any atom is -0.497 e. The molecule has 0 aliphatic rings. The van der Waals surface area contributed by atoms with Crippen molar-refractivity contribution in [3.63, 3.8) is 0 Å². The van der Waals surface area contributed by atoms with Crippen LogP contribution in [0.3, 0.4) is 0 Å². The van der Waals surface area contributed by atoms with Crippen molar-refractivity contribution >= 4 is 21.7 Å². The molecule has 0 bridgehead atoms. The van der Waals surface area contributed by atoms with Crippen LogP contribution in [0.4, 0.5) is 5.69 Å². The van der Waals surface area contributed by atoms with Crippen molar-refractivity contribution < 1.29 is 31.6 Å². The highest BCUT2D eigenvalue weighted by atomic mass is 32.2. The molecule has 0 radical (unpaired) electrons. The number of aryl methyl sites for hydroxylation is 2. The lowest BCUT2D eigenvalue weighted by atomic mass is 10.1. The van der Waals surface area contributed by atoms with Crippen molar-refractivity contribution in [2.75, 3.05) is 25.2 Å². The fourth-order valence-electron chi connectivity index (χ4n) is 4.26. The van der Waals surface area contributed by atoms with Gasteiger partial charge in [0, 0.05) is 25.1 Å². The van der Waals surface area contributed by atoms with Crippen molar-refractivity contribution in [1.82, 2.24) is 4.98 Å². The first-order chi connectivity index (χ1) is 20.7. The van der Waals surface area contributed by atoms with E-state index in [0.29, 0.717) is 29.4 Å². The van der Waals surface area contributed by atoms with Crippen molar-refractivity contribution in [1.29, 1.82) is 0 Å². The Balaban J connectivity index is 1.47. The topological polar surface area (TPSA) is 104 Å². The average molecular weight is 605 g/mol. The van der Waals surface area contributed by atoms with Gasteiger partial charge in [-0.15, -0.1) is 0 Å². The van der Waals surface area contributed by atoms with Crippen LogP contribution in [0.2, 0.25) is 0 Å². The molecule has 1 amide bonds. The van der Waals surface area contributed by atoms with Crippen LogP contribution >= 0.6 is 0 Å². The minimum absolute atomic E-state index is 0.0279. The number of anilines is 1. The molecule has 0 fully saturated rings. The highest BCUT2D eigenvalue weighted by molar-refractivity contribution is 7.86. The number of carbonyl (C=O) groups excluding carboxylic acids is 1. The van der Waals surface area contributed by atoms with Gasteiger partial charge in [-0.25, -0.2) is 4.98 Å².